The van der Waals surface area contributed by atoms with Crippen LogP contribution in [0.25, 0.3) is 6.08 Å². The van der Waals surface area contributed by atoms with Crippen LogP contribution in [0, 0.1) is 0 Å². The molecule has 0 aliphatic carbocycles. The number of benzene rings is 2. The Kier molecular flexibility index (Phi) is 7.00. The van der Waals surface area contributed by atoms with E-state index in [9.17, 15) is 9.59 Å². The third-order valence-electron chi connectivity index (χ3n) is 5.66. The number of aromatic nitrogens is 1. The Morgan fingerprint density at radius 2 is 1.88 bits per heavy atom. The zero-order valence-corrected chi connectivity index (χ0v) is 20.8. The average molecular weight is 493 g/mol. The molecular formula is C27H25ClN2O3S. The lowest BCUT2D eigenvalue weighted by molar-refractivity contribution is -0.138. The van der Waals surface area contributed by atoms with Crippen LogP contribution in [0.1, 0.15) is 49.4 Å². The summed E-state index contributed by atoms with van der Waals surface area (Å²) in [5.74, 6) is -0.0966. The van der Waals surface area contributed by atoms with Gasteiger partial charge in [0, 0.05) is 5.02 Å². The topological polar surface area (TPSA) is 60.7 Å². The van der Waals surface area contributed by atoms with Gasteiger partial charge in [-0.3, -0.25) is 9.36 Å². The molecule has 1 aliphatic heterocycles. The molecule has 3 aromatic rings. The van der Waals surface area contributed by atoms with Gasteiger partial charge in [-0.2, -0.15) is 0 Å². The summed E-state index contributed by atoms with van der Waals surface area (Å²) in [5, 5.41) is 0.567. The minimum atomic E-state index is -0.670. The predicted molar refractivity (Wildman–Crippen MR) is 137 cm³/mol. The molecular weight excluding hydrogens is 468 g/mol. The molecule has 7 heteroatoms. The van der Waals surface area contributed by atoms with E-state index in [0.29, 0.717) is 31.5 Å². The number of thiazole rings is 1. The van der Waals surface area contributed by atoms with Crippen molar-refractivity contribution < 1.29 is 9.53 Å². The van der Waals surface area contributed by atoms with E-state index in [4.69, 9.17) is 16.3 Å². The second-order valence-corrected chi connectivity index (χ2v) is 9.79. The number of allylic oxidation sites excluding steroid dienone is 1. The van der Waals surface area contributed by atoms with Gasteiger partial charge in [-0.15, -0.1) is 0 Å². The summed E-state index contributed by atoms with van der Waals surface area (Å²) in [7, 11) is 0. The number of ether oxygens (including phenoxy) is 1. The molecule has 1 aliphatic rings. The Hall–Kier alpha value is -3.22. The van der Waals surface area contributed by atoms with Crippen LogP contribution in [-0.2, 0) is 9.53 Å². The lowest BCUT2D eigenvalue weighted by Gasteiger charge is -2.24. The lowest BCUT2D eigenvalue weighted by Crippen LogP contribution is -2.39. The summed E-state index contributed by atoms with van der Waals surface area (Å²) < 4.78 is 7.46. The number of rotatable bonds is 6. The van der Waals surface area contributed by atoms with Crippen molar-refractivity contribution in [2.75, 3.05) is 6.61 Å². The molecule has 0 fully saturated rings. The SMILES string of the molecule is C=CCOC(=O)C1=C(C)N=c2sc(=Cc3ccc(C(C)C)cc3)c(=O)n2C1c1ccc(Cl)cc1. The van der Waals surface area contributed by atoms with Crippen LogP contribution in [0.15, 0.2) is 82.2 Å². The first kappa shape index (κ1) is 23.9. The van der Waals surface area contributed by atoms with Crippen LogP contribution in [-0.4, -0.2) is 17.1 Å². The normalized spacial score (nSPS) is 15.8. The fourth-order valence-electron chi connectivity index (χ4n) is 3.88. The van der Waals surface area contributed by atoms with Crippen molar-refractivity contribution >= 4 is 35.0 Å². The number of halogens is 1. The highest BCUT2D eigenvalue weighted by Gasteiger charge is 2.33. The summed E-state index contributed by atoms with van der Waals surface area (Å²) in [6.45, 7) is 9.72. The molecule has 4 rings (SSSR count). The van der Waals surface area contributed by atoms with Gasteiger partial charge in [0.1, 0.15) is 6.61 Å². The summed E-state index contributed by atoms with van der Waals surface area (Å²) >= 11 is 7.40. The van der Waals surface area contributed by atoms with Crippen molar-refractivity contribution in [3.05, 3.63) is 114 Å². The average Bonchev–Trinajstić information content (AvgIpc) is 3.12. The first-order chi connectivity index (χ1) is 16.3. The number of nitrogens with zero attached hydrogens (tertiary/aromatic N) is 2. The molecule has 0 saturated heterocycles. The molecule has 0 amide bonds. The van der Waals surface area contributed by atoms with E-state index in [1.807, 2.05) is 30.3 Å². The molecule has 1 aromatic heterocycles. The fraction of sp³-hybridized carbons (Fsp3) is 0.222. The Bertz CT molecular complexity index is 1450. The van der Waals surface area contributed by atoms with Gasteiger partial charge in [-0.05, 0) is 47.7 Å². The van der Waals surface area contributed by atoms with Gasteiger partial charge >= 0.3 is 5.97 Å². The Morgan fingerprint density at radius 1 is 1.21 bits per heavy atom. The van der Waals surface area contributed by atoms with E-state index in [1.165, 1.54) is 23.0 Å². The van der Waals surface area contributed by atoms with Crippen LogP contribution >= 0.6 is 22.9 Å². The molecule has 2 aromatic carbocycles. The molecule has 5 nitrogen and oxygen atoms in total. The summed E-state index contributed by atoms with van der Waals surface area (Å²) in [6, 6.07) is 14.6. The third-order valence-corrected chi connectivity index (χ3v) is 6.90. The van der Waals surface area contributed by atoms with Crippen molar-refractivity contribution in [2.24, 2.45) is 4.99 Å². The largest absolute Gasteiger partial charge is 0.458 e. The van der Waals surface area contributed by atoms with Crippen molar-refractivity contribution in [2.45, 2.75) is 32.7 Å². The molecule has 1 atom stereocenters. The van der Waals surface area contributed by atoms with E-state index in [0.717, 1.165) is 11.1 Å². The molecule has 0 saturated carbocycles. The van der Waals surface area contributed by atoms with Crippen LogP contribution in [0.3, 0.4) is 0 Å². The molecule has 1 unspecified atom stereocenters. The monoisotopic (exact) mass is 492 g/mol. The quantitative estimate of drug-likeness (QED) is 0.369. The Labute approximate surface area is 207 Å². The number of carbonyl (C=O) groups excluding carboxylic acids is 1. The highest BCUT2D eigenvalue weighted by molar-refractivity contribution is 7.07. The maximum atomic E-state index is 13.6. The predicted octanol–water partition coefficient (Wildman–Crippen LogP) is 4.74. The van der Waals surface area contributed by atoms with E-state index in [1.54, 1.807) is 23.6 Å². The minimum Gasteiger partial charge on any atom is -0.458 e. The van der Waals surface area contributed by atoms with E-state index >= 15 is 0 Å². The highest BCUT2D eigenvalue weighted by Crippen LogP contribution is 2.31. The highest BCUT2D eigenvalue weighted by atomic mass is 35.5. The van der Waals surface area contributed by atoms with Gasteiger partial charge < -0.3 is 4.74 Å². The van der Waals surface area contributed by atoms with Gasteiger partial charge in [-0.1, -0.05) is 85.8 Å². The van der Waals surface area contributed by atoms with Crippen LogP contribution in [0.4, 0.5) is 0 Å². The smallest absolute Gasteiger partial charge is 0.338 e. The Morgan fingerprint density at radius 3 is 2.50 bits per heavy atom. The molecule has 0 spiro atoms. The van der Waals surface area contributed by atoms with Gasteiger partial charge in [0.05, 0.1) is 21.8 Å². The van der Waals surface area contributed by atoms with Gasteiger partial charge in [0.15, 0.2) is 4.80 Å². The number of esters is 1. The summed E-state index contributed by atoms with van der Waals surface area (Å²) in [4.78, 5) is 31.7. The van der Waals surface area contributed by atoms with E-state index in [-0.39, 0.29) is 12.2 Å². The number of fused-ring (bicyclic) bond motifs is 1. The molecule has 0 bridgehead atoms. The van der Waals surface area contributed by atoms with Gasteiger partial charge in [-0.25, -0.2) is 9.79 Å². The van der Waals surface area contributed by atoms with E-state index < -0.39 is 12.0 Å². The zero-order chi connectivity index (χ0) is 24.4. The Balaban J connectivity index is 1.88. The second kappa shape index (κ2) is 9.95. The fourth-order valence-corrected chi connectivity index (χ4v) is 5.06. The standard InChI is InChI=1S/C27H25ClN2O3S/c1-5-14-33-26(32)23-17(4)29-27-30(24(23)20-10-12-21(28)13-11-20)25(31)22(34-27)15-18-6-8-19(9-7-18)16(2)3/h5-13,15-16,24H,1,14H2,2-4H3. The van der Waals surface area contributed by atoms with Crippen LogP contribution < -0.4 is 14.9 Å². The van der Waals surface area contributed by atoms with Crippen LogP contribution in [0.5, 0.6) is 0 Å². The first-order valence-electron chi connectivity index (χ1n) is 11.0. The number of hydrogen-bond acceptors (Lipinski definition) is 5. The maximum Gasteiger partial charge on any atom is 0.338 e. The number of carbonyl (C=O) groups is 1. The maximum absolute atomic E-state index is 13.6. The summed E-state index contributed by atoms with van der Waals surface area (Å²) in [6.07, 6.45) is 3.37. The van der Waals surface area contributed by atoms with Crippen molar-refractivity contribution in [1.82, 2.24) is 4.57 Å². The van der Waals surface area contributed by atoms with Crippen molar-refractivity contribution in [3.8, 4) is 0 Å². The molecule has 174 valence electrons. The van der Waals surface area contributed by atoms with Crippen LogP contribution in [0.2, 0.25) is 5.02 Å². The third kappa shape index (κ3) is 4.69. The molecule has 2 heterocycles. The molecule has 0 N–H and O–H groups in total. The summed E-state index contributed by atoms with van der Waals surface area (Å²) in [5.41, 5.74) is 3.54. The molecule has 0 radical (unpaired) electrons. The van der Waals surface area contributed by atoms with Crippen molar-refractivity contribution in [1.29, 1.82) is 0 Å². The number of hydrogen-bond donors (Lipinski definition) is 0. The first-order valence-corrected chi connectivity index (χ1v) is 12.2. The second-order valence-electron chi connectivity index (χ2n) is 8.34. The van der Waals surface area contributed by atoms with Gasteiger partial charge in [0.2, 0.25) is 0 Å². The lowest BCUT2D eigenvalue weighted by atomic mass is 9.96. The van der Waals surface area contributed by atoms with E-state index in [2.05, 4.69) is 37.6 Å². The minimum absolute atomic E-state index is 0.0692. The zero-order valence-electron chi connectivity index (χ0n) is 19.2. The van der Waals surface area contributed by atoms with Gasteiger partial charge in [0.25, 0.3) is 5.56 Å². The molecule has 34 heavy (non-hydrogen) atoms. The van der Waals surface area contributed by atoms with Crippen molar-refractivity contribution in [3.63, 3.8) is 0 Å².